The lowest BCUT2D eigenvalue weighted by molar-refractivity contribution is -0.173. The first-order valence-corrected chi connectivity index (χ1v) is 5.39. The average Bonchev–Trinajstić information content (AvgIpc) is 2.25. The molecule has 1 saturated heterocycles. The number of nitrogens with one attached hydrogen (secondary N) is 1. The van der Waals surface area contributed by atoms with Gasteiger partial charge in [0.15, 0.2) is 5.41 Å². The maximum atomic E-state index is 11.8. The second-order valence-electron chi connectivity index (χ2n) is 4.44. The number of piperidine rings is 1. The monoisotopic (exact) mass is 229 g/mol. The van der Waals surface area contributed by atoms with E-state index in [0.29, 0.717) is 12.8 Å². The summed E-state index contributed by atoms with van der Waals surface area (Å²) in [6, 6.07) is 0.170. The highest BCUT2D eigenvalue weighted by molar-refractivity contribution is 6.00. The van der Waals surface area contributed by atoms with Crippen LogP contribution in [0.5, 0.6) is 0 Å². The summed E-state index contributed by atoms with van der Waals surface area (Å²) >= 11 is 0. The minimum Gasteiger partial charge on any atom is -0.468 e. The van der Waals surface area contributed by atoms with Gasteiger partial charge in [-0.2, -0.15) is 0 Å². The van der Waals surface area contributed by atoms with Gasteiger partial charge in [-0.05, 0) is 26.7 Å². The molecule has 0 unspecified atom stereocenters. The molecule has 0 aliphatic carbocycles. The van der Waals surface area contributed by atoms with Gasteiger partial charge >= 0.3 is 11.9 Å². The molecule has 0 radical (unpaired) electrons. The lowest BCUT2D eigenvalue weighted by atomic mass is 9.73. The van der Waals surface area contributed by atoms with Gasteiger partial charge in [-0.1, -0.05) is 0 Å². The average molecular weight is 229 g/mol. The van der Waals surface area contributed by atoms with E-state index in [9.17, 15) is 9.59 Å². The maximum Gasteiger partial charge on any atom is 0.323 e. The fraction of sp³-hybridized carbons (Fsp3) is 0.818. The standard InChI is InChI=1S/C11H19NO4/c1-7-5-11(9(13)15-3,10(14)16-4)6-8(2)12-7/h7-8,12H,5-6H2,1-4H3/t7-,8+. The summed E-state index contributed by atoms with van der Waals surface area (Å²) in [5.41, 5.74) is -1.15. The quantitative estimate of drug-likeness (QED) is 0.551. The highest BCUT2D eigenvalue weighted by Crippen LogP contribution is 2.36. The molecule has 1 fully saturated rings. The van der Waals surface area contributed by atoms with Crippen LogP contribution in [0.4, 0.5) is 0 Å². The smallest absolute Gasteiger partial charge is 0.323 e. The lowest BCUT2D eigenvalue weighted by Gasteiger charge is -2.39. The van der Waals surface area contributed by atoms with Gasteiger partial charge in [0.2, 0.25) is 0 Å². The summed E-state index contributed by atoms with van der Waals surface area (Å²) in [5.74, 6) is -1.00. The predicted molar refractivity (Wildman–Crippen MR) is 57.8 cm³/mol. The van der Waals surface area contributed by atoms with Crippen molar-refractivity contribution < 1.29 is 19.1 Å². The summed E-state index contributed by atoms with van der Waals surface area (Å²) in [5, 5.41) is 3.28. The Labute approximate surface area is 95.5 Å². The van der Waals surface area contributed by atoms with Crippen LogP contribution in [0.1, 0.15) is 26.7 Å². The summed E-state index contributed by atoms with van der Waals surface area (Å²) in [4.78, 5) is 23.7. The van der Waals surface area contributed by atoms with Crippen molar-refractivity contribution in [1.82, 2.24) is 5.32 Å². The van der Waals surface area contributed by atoms with Gasteiger partial charge in [0.1, 0.15) is 0 Å². The molecule has 1 aliphatic rings. The van der Waals surface area contributed by atoms with Crippen molar-refractivity contribution in [2.24, 2.45) is 5.41 Å². The summed E-state index contributed by atoms with van der Waals surface area (Å²) in [7, 11) is 2.59. The number of methoxy groups -OCH3 is 2. The van der Waals surface area contributed by atoms with Gasteiger partial charge in [0.05, 0.1) is 14.2 Å². The third-order valence-corrected chi connectivity index (χ3v) is 3.03. The van der Waals surface area contributed by atoms with Crippen LogP contribution in [0.3, 0.4) is 0 Å². The molecular formula is C11H19NO4. The van der Waals surface area contributed by atoms with Crippen LogP contribution in [0, 0.1) is 5.41 Å². The molecular weight excluding hydrogens is 210 g/mol. The molecule has 0 aromatic heterocycles. The minimum absolute atomic E-state index is 0.0851. The van der Waals surface area contributed by atoms with Crippen molar-refractivity contribution >= 4 is 11.9 Å². The van der Waals surface area contributed by atoms with Crippen LogP contribution in [0.2, 0.25) is 0 Å². The Morgan fingerprint density at radius 3 is 1.75 bits per heavy atom. The summed E-state index contributed by atoms with van der Waals surface area (Å²) < 4.78 is 9.49. The van der Waals surface area contributed by atoms with Crippen LogP contribution >= 0.6 is 0 Å². The van der Waals surface area contributed by atoms with Gasteiger partial charge < -0.3 is 14.8 Å². The number of hydrogen-bond donors (Lipinski definition) is 1. The molecule has 1 heterocycles. The molecule has 0 bridgehead atoms. The van der Waals surface area contributed by atoms with Crippen molar-refractivity contribution in [3.63, 3.8) is 0 Å². The van der Waals surface area contributed by atoms with Gasteiger partial charge in [-0.15, -0.1) is 0 Å². The molecule has 0 amide bonds. The molecule has 5 heteroatoms. The zero-order chi connectivity index (χ0) is 12.3. The van der Waals surface area contributed by atoms with E-state index >= 15 is 0 Å². The van der Waals surface area contributed by atoms with Gasteiger partial charge in [0, 0.05) is 12.1 Å². The molecule has 0 spiro atoms. The van der Waals surface area contributed by atoms with E-state index in [1.807, 2.05) is 13.8 Å². The molecule has 16 heavy (non-hydrogen) atoms. The van der Waals surface area contributed by atoms with E-state index in [1.54, 1.807) is 0 Å². The summed E-state index contributed by atoms with van der Waals surface area (Å²) in [6.07, 6.45) is 0.827. The molecule has 0 saturated carbocycles. The van der Waals surface area contributed by atoms with E-state index in [0.717, 1.165) is 0 Å². The zero-order valence-corrected chi connectivity index (χ0v) is 10.2. The van der Waals surface area contributed by atoms with Crippen molar-refractivity contribution in [2.45, 2.75) is 38.8 Å². The third-order valence-electron chi connectivity index (χ3n) is 3.03. The highest BCUT2D eigenvalue weighted by Gasteiger charge is 2.52. The predicted octanol–water partition coefficient (Wildman–Crippen LogP) is 0.479. The fourth-order valence-electron chi connectivity index (χ4n) is 2.54. The number of ether oxygens (including phenoxy) is 2. The number of carbonyl (C=O) groups is 2. The summed E-state index contributed by atoms with van der Waals surface area (Å²) in [6.45, 7) is 3.88. The van der Waals surface area contributed by atoms with E-state index in [4.69, 9.17) is 9.47 Å². The first kappa shape index (κ1) is 13.0. The van der Waals surface area contributed by atoms with E-state index in [2.05, 4.69) is 5.32 Å². The molecule has 92 valence electrons. The molecule has 5 nitrogen and oxygen atoms in total. The number of esters is 2. The molecule has 1 rings (SSSR count). The van der Waals surface area contributed by atoms with Crippen molar-refractivity contribution in [1.29, 1.82) is 0 Å². The first-order chi connectivity index (χ1) is 7.46. The topological polar surface area (TPSA) is 64.6 Å². The van der Waals surface area contributed by atoms with Gasteiger partial charge in [-0.25, -0.2) is 0 Å². The Morgan fingerprint density at radius 1 is 1.06 bits per heavy atom. The Bertz CT molecular complexity index is 262. The largest absolute Gasteiger partial charge is 0.468 e. The fourth-order valence-corrected chi connectivity index (χ4v) is 2.54. The van der Waals surface area contributed by atoms with E-state index in [1.165, 1.54) is 14.2 Å². The lowest BCUT2D eigenvalue weighted by Crippen LogP contribution is -2.55. The van der Waals surface area contributed by atoms with Crippen molar-refractivity contribution in [3.05, 3.63) is 0 Å². The normalized spacial score (nSPS) is 28.2. The first-order valence-electron chi connectivity index (χ1n) is 5.39. The number of hydrogen-bond acceptors (Lipinski definition) is 5. The van der Waals surface area contributed by atoms with Crippen molar-refractivity contribution in [3.8, 4) is 0 Å². The zero-order valence-electron chi connectivity index (χ0n) is 10.2. The van der Waals surface area contributed by atoms with Gasteiger partial charge in [-0.3, -0.25) is 9.59 Å². The number of carbonyl (C=O) groups excluding carboxylic acids is 2. The maximum absolute atomic E-state index is 11.8. The van der Waals surface area contributed by atoms with Gasteiger partial charge in [0.25, 0.3) is 0 Å². The van der Waals surface area contributed by atoms with Crippen LogP contribution < -0.4 is 5.32 Å². The minimum atomic E-state index is -1.15. The van der Waals surface area contributed by atoms with Crippen LogP contribution in [0.25, 0.3) is 0 Å². The second kappa shape index (κ2) is 4.82. The molecule has 1 N–H and O–H groups in total. The molecule has 0 aromatic rings. The molecule has 0 aromatic carbocycles. The van der Waals surface area contributed by atoms with Crippen molar-refractivity contribution in [2.75, 3.05) is 14.2 Å². The van der Waals surface area contributed by atoms with Crippen LogP contribution in [-0.2, 0) is 19.1 Å². The SMILES string of the molecule is COC(=O)C1(C(=O)OC)C[C@@H](C)N[C@@H](C)C1. The number of rotatable bonds is 2. The Morgan fingerprint density at radius 2 is 1.44 bits per heavy atom. The van der Waals surface area contributed by atoms with E-state index < -0.39 is 17.4 Å². The Hall–Kier alpha value is -1.10. The second-order valence-corrected chi connectivity index (χ2v) is 4.44. The van der Waals surface area contributed by atoms with Crippen LogP contribution in [-0.4, -0.2) is 38.2 Å². The Kier molecular flexibility index (Phi) is 3.91. The molecule has 2 atom stereocenters. The van der Waals surface area contributed by atoms with E-state index in [-0.39, 0.29) is 12.1 Å². The highest BCUT2D eigenvalue weighted by atomic mass is 16.5. The van der Waals surface area contributed by atoms with Crippen LogP contribution in [0.15, 0.2) is 0 Å². The third kappa shape index (κ3) is 2.19. The molecule has 1 aliphatic heterocycles. The Balaban J connectivity index is 3.03.